The second-order valence-electron chi connectivity index (χ2n) is 7.84. The summed E-state index contributed by atoms with van der Waals surface area (Å²) in [6.45, 7) is 1.50. The summed E-state index contributed by atoms with van der Waals surface area (Å²) >= 11 is 0. The number of hydrogen-bond acceptors (Lipinski definition) is 5. The Morgan fingerprint density at radius 1 is 1.00 bits per heavy atom. The van der Waals surface area contributed by atoms with Crippen LogP contribution in [-0.4, -0.2) is 98.0 Å². The largest absolute Gasteiger partial charge is 0.380 e. The fourth-order valence-electron chi connectivity index (χ4n) is 4.36. The van der Waals surface area contributed by atoms with Gasteiger partial charge in [0.25, 0.3) is 5.91 Å². The number of ether oxygens (including phenoxy) is 1. The van der Waals surface area contributed by atoms with Crippen molar-refractivity contribution < 1.29 is 19.1 Å². The molecule has 0 N–H and O–H groups in total. The van der Waals surface area contributed by atoms with Gasteiger partial charge in [0.1, 0.15) is 12.1 Å². The van der Waals surface area contributed by atoms with Crippen LogP contribution in [0, 0.1) is 0 Å². The van der Waals surface area contributed by atoms with Crippen LogP contribution >= 0.6 is 0 Å². The number of benzene rings is 1. The van der Waals surface area contributed by atoms with Crippen LogP contribution in [0.25, 0.3) is 0 Å². The highest BCUT2D eigenvalue weighted by Crippen LogP contribution is 2.30. The van der Waals surface area contributed by atoms with Gasteiger partial charge in [-0.05, 0) is 24.3 Å². The lowest BCUT2D eigenvalue weighted by atomic mass is 10.0. The van der Waals surface area contributed by atoms with Crippen LogP contribution in [0.1, 0.15) is 16.8 Å². The molecule has 4 rings (SSSR count). The molecule has 8 heteroatoms. The van der Waals surface area contributed by atoms with Gasteiger partial charge < -0.3 is 24.3 Å². The molecule has 150 valence electrons. The minimum atomic E-state index is -0.599. The molecule has 0 saturated carbocycles. The molecule has 3 heterocycles. The standard InChI is InChI=1S/C20H26N4O4/c1-21(2)14-6-4-13(5-7-14)18(25)22-8-9-23-17(12-22)20(27)24-11-15(28-3)10-16(24)19(23)26/h4-7,15-17H,8-12H2,1-3H3. The number of anilines is 1. The molecular weight excluding hydrogens is 360 g/mol. The highest BCUT2D eigenvalue weighted by atomic mass is 16.5. The van der Waals surface area contributed by atoms with E-state index in [1.54, 1.807) is 33.9 Å². The Morgan fingerprint density at radius 2 is 1.68 bits per heavy atom. The molecule has 0 bridgehead atoms. The highest BCUT2D eigenvalue weighted by Gasteiger charge is 2.52. The average molecular weight is 386 g/mol. The van der Waals surface area contributed by atoms with E-state index < -0.39 is 12.1 Å². The lowest BCUT2D eigenvalue weighted by Crippen LogP contribution is -2.69. The molecule has 3 aliphatic rings. The molecule has 3 unspecified atom stereocenters. The van der Waals surface area contributed by atoms with E-state index >= 15 is 0 Å². The number of nitrogens with zero attached hydrogens (tertiary/aromatic N) is 4. The third-order valence-corrected chi connectivity index (χ3v) is 6.03. The molecule has 8 nitrogen and oxygen atoms in total. The van der Waals surface area contributed by atoms with Gasteiger partial charge in [-0.15, -0.1) is 0 Å². The third-order valence-electron chi connectivity index (χ3n) is 6.03. The van der Waals surface area contributed by atoms with Gasteiger partial charge in [0.2, 0.25) is 11.8 Å². The lowest BCUT2D eigenvalue weighted by molar-refractivity contribution is -0.162. The van der Waals surface area contributed by atoms with Crippen LogP contribution in [0.15, 0.2) is 24.3 Å². The van der Waals surface area contributed by atoms with Crippen molar-refractivity contribution in [1.82, 2.24) is 14.7 Å². The van der Waals surface area contributed by atoms with E-state index in [1.165, 1.54) is 0 Å². The normalized spacial score (nSPS) is 27.0. The van der Waals surface area contributed by atoms with Crippen molar-refractivity contribution in [3.8, 4) is 0 Å². The minimum Gasteiger partial charge on any atom is -0.380 e. The topological polar surface area (TPSA) is 73.4 Å². The summed E-state index contributed by atoms with van der Waals surface area (Å²) in [5, 5.41) is 0. The van der Waals surface area contributed by atoms with Crippen LogP contribution in [0.2, 0.25) is 0 Å². The summed E-state index contributed by atoms with van der Waals surface area (Å²) in [6.07, 6.45) is 0.442. The van der Waals surface area contributed by atoms with E-state index in [1.807, 2.05) is 31.1 Å². The Morgan fingerprint density at radius 3 is 2.32 bits per heavy atom. The van der Waals surface area contributed by atoms with Gasteiger partial charge in [-0.3, -0.25) is 14.4 Å². The first kappa shape index (κ1) is 18.7. The van der Waals surface area contributed by atoms with Crippen molar-refractivity contribution in [3.05, 3.63) is 29.8 Å². The second kappa shape index (κ2) is 7.09. The Balaban J connectivity index is 1.50. The van der Waals surface area contributed by atoms with Crippen molar-refractivity contribution in [2.45, 2.75) is 24.6 Å². The molecule has 1 aromatic rings. The molecule has 3 fully saturated rings. The van der Waals surface area contributed by atoms with E-state index in [9.17, 15) is 14.4 Å². The number of carbonyl (C=O) groups is 3. The van der Waals surface area contributed by atoms with Crippen molar-refractivity contribution in [1.29, 1.82) is 0 Å². The zero-order valence-electron chi connectivity index (χ0n) is 16.5. The summed E-state index contributed by atoms with van der Waals surface area (Å²) in [5.74, 6) is -0.209. The van der Waals surface area contributed by atoms with E-state index in [2.05, 4.69) is 0 Å². The number of piperazine rings is 2. The quantitative estimate of drug-likeness (QED) is 0.733. The fourth-order valence-corrected chi connectivity index (χ4v) is 4.36. The van der Waals surface area contributed by atoms with Crippen LogP contribution in [0.4, 0.5) is 5.69 Å². The number of fused-ring (bicyclic) bond motifs is 2. The molecule has 3 aliphatic heterocycles. The highest BCUT2D eigenvalue weighted by molar-refractivity contribution is 5.99. The molecule has 0 aliphatic carbocycles. The number of hydrogen-bond donors (Lipinski definition) is 0. The summed E-state index contributed by atoms with van der Waals surface area (Å²) in [7, 11) is 5.50. The zero-order chi connectivity index (χ0) is 20.0. The summed E-state index contributed by atoms with van der Waals surface area (Å²) in [4.78, 5) is 45.7. The van der Waals surface area contributed by atoms with Gasteiger partial charge in [-0.2, -0.15) is 0 Å². The number of amides is 3. The molecule has 0 aromatic heterocycles. The van der Waals surface area contributed by atoms with Crippen molar-refractivity contribution >= 4 is 23.4 Å². The van der Waals surface area contributed by atoms with Gasteiger partial charge in [0, 0.05) is 58.5 Å². The maximum absolute atomic E-state index is 13.0. The lowest BCUT2D eigenvalue weighted by Gasteiger charge is -2.47. The molecule has 28 heavy (non-hydrogen) atoms. The number of carbonyl (C=O) groups excluding carboxylic acids is 3. The van der Waals surface area contributed by atoms with Crippen LogP contribution in [-0.2, 0) is 14.3 Å². The first-order valence-electron chi connectivity index (χ1n) is 9.61. The SMILES string of the molecule is COC1CC2C(=O)N3CCN(C(=O)c4ccc(N(C)C)cc4)CC3C(=O)N2C1. The van der Waals surface area contributed by atoms with Crippen molar-refractivity contribution in [2.75, 3.05) is 52.3 Å². The Hall–Kier alpha value is -2.61. The maximum Gasteiger partial charge on any atom is 0.254 e. The summed E-state index contributed by atoms with van der Waals surface area (Å²) in [5.41, 5.74) is 1.61. The Kier molecular flexibility index (Phi) is 4.74. The molecule has 0 spiro atoms. The summed E-state index contributed by atoms with van der Waals surface area (Å²) < 4.78 is 5.36. The van der Waals surface area contributed by atoms with E-state index in [0.29, 0.717) is 31.6 Å². The fraction of sp³-hybridized carbons (Fsp3) is 0.550. The predicted molar refractivity (Wildman–Crippen MR) is 103 cm³/mol. The van der Waals surface area contributed by atoms with Gasteiger partial charge in [0.05, 0.1) is 12.6 Å². The van der Waals surface area contributed by atoms with Crippen LogP contribution in [0.3, 0.4) is 0 Å². The number of rotatable bonds is 3. The molecular formula is C20H26N4O4. The van der Waals surface area contributed by atoms with E-state index in [0.717, 1.165) is 5.69 Å². The maximum atomic E-state index is 13.0. The second-order valence-corrected chi connectivity index (χ2v) is 7.84. The van der Waals surface area contributed by atoms with Crippen molar-refractivity contribution in [2.24, 2.45) is 0 Å². The van der Waals surface area contributed by atoms with Crippen LogP contribution in [0.5, 0.6) is 0 Å². The van der Waals surface area contributed by atoms with E-state index in [-0.39, 0.29) is 30.4 Å². The monoisotopic (exact) mass is 386 g/mol. The molecule has 3 atom stereocenters. The molecule has 1 aromatic carbocycles. The van der Waals surface area contributed by atoms with Gasteiger partial charge in [-0.25, -0.2) is 0 Å². The van der Waals surface area contributed by atoms with Crippen LogP contribution < -0.4 is 4.90 Å². The Bertz CT molecular complexity index is 794. The van der Waals surface area contributed by atoms with Crippen molar-refractivity contribution in [3.63, 3.8) is 0 Å². The van der Waals surface area contributed by atoms with Gasteiger partial charge in [-0.1, -0.05) is 0 Å². The molecule has 3 saturated heterocycles. The third kappa shape index (κ3) is 3.01. The predicted octanol–water partition coefficient (Wildman–Crippen LogP) is 0.0351. The molecule has 3 amide bonds. The minimum absolute atomic E-state index is 0.0217. The number of methoxy groups -OCH3 is 1. The Labute approximate surface area is 164 Å². The first-order chi connectivity index (χ1) is 13.4. The molecule has 0 radical (unpaired) electrons. The summed E-state index contributed by atoms with van der Waals surface area (Å²) in [6, 6.07) is 6.39. The van der Waals surface area contributed by atoms with Gasteiger partial charge >= 0.3 is 0 Å². The average Bonchev–Trinajstić information content (AvgIpc) is 3.16. The smallest absolute Gasteiger partial charge is 0.254 e. The van der Waals surface area contributed by atoms with Gasteiger partial charge in [0.15, 0.2) is 0 Å². The zero-order valence-corrected chi connectivity index (χ0v) is 16.5. The first-order valence-corrected chi connectivity index (χ1v) is 9.61. The van der Waals surface area contributed by atoms with E-state index in [4.69, 9.17) is 4.74 Å².